The molecule has 0 radical (unpaired) electrons. The predicted octanol–water partition coefficient (Wildman–Crippen LogP) is 2.91. The lowest BCUT2D eigenvalue weighted by Crippen LogP contribution is -2.06. The molecule has 0 saturated heterocycles. The van der Waals surface area contributed by atoms with Gasteiger partial charge in [0.1, 0.15) is 5.75 Å². The zero-order valence-electron chi connectivity index (χ0n) is 12.1. The second-order valence-electron chi connectivity index (χ2n) is 4.67. The van der Waals surface area contributed by atoms with E-state index in [-0.39, 0.29) is 6.04 Å². The molecule has 0 fully saturated rings. The highest BCUT2D eigenvalue weighted by molar-refractivity contribution is 7.11. The average molecular weight is 292 g/mol. The molecule has 1 aromatic carbocycles. The van der Waals surface area contributed by atoms with Crippen LogP contribution in [-0.2, 0) is 17.8 Å². The molecule has 0 saturated carbocycles. The lowest BCUT2D eigenvalue weighted by atomic mass is 10.1. The van der Waals surface area contributed by atoms with Gasteiger partial charge in [-0.25, -0.2) is 4.98 Å². The fourth-order valence-electron chi connectivity index (χ4n) is 2.00. The van der Waals surface area contributed by atoms with E-state index >= 15 is 0 Å². The minimum absolute atomic E-state index is 0.0118. The summed E-state index contributed by atoms with van der Waals surface area (Å²) < 4.78 is 10.3. The van der Waals surface area contributed by atoms with Crippen molar-refractivity contribution in [3.05, 3.63) is 45.4 Å². The summed E-state index contributed by atoms with van der Waals surface area (Å²) in [7, 11) is 3.34. The van der Waals surface area contributed by atoms with Crippen LogP contribution < -0.4 is 10.5 Å². The second kappa shape index (κ2) is 6.83. The molecule has 1 aromatic heterocycles. The van der Waals surface area contributed by atoms with Crippen molar-refractivity contribution < 1.29 is 9.47 Å². The van der Waals surface area contributed by atoms with Crippen LogP contribution in [0.4, 0.5) is 0 Å². The van der Waals surface area contributed by atoms with E-state index in [1.807, 2.05) is 19.1 Å². The maximum absolute atomic E-state index is 5.99. The first kappa shape index (κ1) is 15.0. The van der Waals surface area contributed by atoms with Crippen molar-refractivity contribution in [1.82, 2.24) is 4.98 Å². The van der Waals surface area contributed by atoms with E-state index in [2.05, 4.69) is 17.1 Å². The summed E-state index contributed by atoms with van der Waals surface area (Å²) in [6.07, 6.45) is 0.804. The normalized spacial score (nSPS) is 12.4. The third-order valence-electron chi connectivity index (χ3n) is 2.98. The van der Waals surface area contributed by atoms with Gasteiger partial charge in [0.2, 0.25) is 0 Å². The number of thiazole rings is 1. The average Bonchev–Trinajstić information content (AvgIpc) is 2.83. The maximum atomic E-state index is 5.99. The molecule has 0 aliphatic rings. The molecule has 1 atom stereocenters. The molecular formula is C15H20N2O2S. The fourth-order valence-corrected chi connectivity index (χ4v) is 3.06. The number of ether oxygens (including phenoxy) is 2. The largest absolute Gasteiger partial charge is 0.497 e. The number of benzene rings is 1. The number of hydrogen-bond acceptors (Lipinski definition) is 5. The van der Waals surface area contributed by atoms with Gasteiger partial charge in [-0.1, -0.05) is 12.1 Å². The van der Waals surface area contributed by atoms with Crippen LogP contribution in [0.5, 0.6) is 5.75 Å². The molecule has 1 unspecified atom stereocenters. The Labute approximate surface area is 123 Å². The lowest BCUT2D eigenvalue weighted by Gasteiger charge is -2.03. The summed E-state index contributed by atoms with van der Waals surface area (Å²) in [6, 6.07) is 8.03. The maximum Gasteiger partial charge on any atom is 0.118 e. The molecule has 2 N–H and O–H groups in total. The first-order valence-electron chi connectivity index (χ1n) is 6.50. The lowest BCUT2D eigenvalue weighted by molar-refractivity contribution is 0.181. The molecule has 0 aliphatic heterocycles. The smallest absolute Gasteiger partial charge is 0.118 e. The molecule has 0 amide bonds. The zero-order valence-corrected chi connectivity index (χ0v) is 12.9. The Morgan fingerprint density at radius 2 is 1.95 bits per heavy atom. The molecule has 4 nitrogen and oxygen atoms in total. The summed E-state index contributed by atoms with van der Waals surface area (Å²) in [5.41, 5.74) is 8.15. The number of methoxy groups -OCH3 is 2. The highest BCUT2D eigenvalue weighted by Crippen LogP contribution is 2.26. The SMILES string of the molecule is COCc1nc(Cc2ccc(OC)cc2)sc1C(C)N. The Balaban J connectivity index is 2.17. The van der Waals surface area contributed by atoms with Crippen LogP contribution in [0.1, 0.15) is 34.1 Å². The number of aromatic nitrogens is 1. The van der Waals surface area contributed by atoms with Gasteiger partial charge >= 0.3 is 0 Å². The van der Waals surface area contributed by atoms with Crippen LogP contribution in [0.15, 0.2) is 24.3 Å². The highest BCUT2D eigenvalue weighted by atomic mass is 32.1. The Morgan fingerprint density at radius 1 is 1.25 bits per heavy atom. The van der Waals surface area contributed by atoms with Gasteiger partial charge in [-0.05, 0) is 24.6 Å². The van der Waals surface area contributed by atoms with E-state index in [9.17, 15) is 0 Å². The van der Waals surface area contributed by atoms with Crippen LogP contribution in [0.2, 0.25) is 0 Å². The first-order valence-corrected chi connectivity index (χ1v) is 7.31. The number of rotatable bonds is 6. The van der Waals surface area contributed by atoms with Crippen molar-refractivity contribution in [3.8, 4) is 5.75 Å². The van der Waals surface area contributed by atoms with Crippen molar-refractivity contribution in [2.24, 2.45) is 5.73 Å². The van der Waals surface area contributed by atoms with Crippen LogP contribution in [-0.4, -0.2) is 19.2 Å². The van der Waals surface area contributed by atoms with Gasteiger partial charge in [0.05, 0.1) is 24.4 Å². The van der Waals surface area contributed by atoms with E-state index in [1.54, 1.807) is 25.6 Å². The summed E-state index contributed by atoms with van der Waals surface area (Å²) in [6.45, 7) is 2.49. The summed E-state index contributed by atoms with van der Waals surface area (Å²) in [5, 5.41) is 1.06. The quantitative estimate of drug-likeness (QED) is 0.889. The van der Waals surface area contributed by atoms with Gasteiger partial charge in [0, 0.05) is 24.4 Å². The third-order valence-corrected chi connectivity index (χ3v) is 4.28. The Hall–Kier alpha value is -1.43. The summed E-state index contributed by atoms with van der Waals surface area (Å²) in [5.74, 6) is 0.865. The fraction of sp³-hybridized carbons (Fsp3) is 0.400. The van der Waals surface area contributed by atoms with Gasteiger partial charge in [0.15, 0.2) is 0 Å². The van der Waals surface area contributed by atoms with Crippen LogP contribution in [0.25, 0.3) is 0 Å². The molecule has 1 heterocycles. The monoisotopic (exact) mass is 292 g/mol. The van der Waals surface area contributed by atoms with Crippen molar-refractivity contribution >= 4 is 11.3 Å². The van der Waals surface area contributed by atoms with E-state index in [0.29, 0.717) is 6.61 Å². The Bertz CT molecular complexity index is 550. The number of nitrogens with two attached hydrogens (primary N) is 1. The highest BCUT2D eigenvalue weighted by Gasteiger charge is 2.14. The molecule has 20 heavy (non-hydrogen) atoms. The van der Waals surface area contributed by atoms with Crippen molar-refractivity contribution in [2.75, 3.05) is 14.2 Å². The molecule has 0 spiro atoms. The summed E-state index contributed by atoms with van der Waals surface area (Å²) >= 11 is 1.66. The third kappa shape index (κ3) is 3.56. The van der Waals surface area contributed by atoms with Crippen molar-refractivity contribution in [3.63, 3.8) is 0 Å². The molecule has 2 aromatic rings. The molecule has 0 bridgehead atoms. The Kier molecular flexibility index (Phi) is 5.11. The van der Waals surface area contributed by atoms with Crippen molar-refractivity contribution in [1.29, 1.82) is 0 Å². The minimum atomic E-state index is -0.0118. The van der Waals surface area contributed by atoms with Gasteiger partial charge in [-0.2, -0.15) is 0 Å². The van der Waals surface area contributed by atoms with E-state index in [1.165, 1.54) is 5.56 Å². The number of hydrogen-bond donors (Lipinski definition) is 1. The molecule has 5 heteroatoms. The molecule has 0 aliphatic carbocycles. The van der Waals surface area contributed by atoms with Crippen LogP contribution in [0.3, 0.4) is 0 Å². The van der Waals surface area contributed by atoms with Crippen LogP contribution in [0, 0.1) is 0 Å². The van der Waals surface area contributed by atoms with Gasteiger partial charge in [-0.3, -0.25) is 0 Å². The van der Waals surface area contributed by atoms with Gasteiger partial charge in [-0.15, -0.1) is 11.3 Å². The second-order valence-corrected chi connectivity index (χ2v) is 5.78. The van der Waals surface area contributed by atoms with E-state index in [4.69, 9.17) is 15.2 Å². The van der Waals surface area contributed by atoms with Crippen LogP contribution >= 0.6 is 11.3 Å². The molecule has 2 rings (SSSR count). The topological polar surface area (TPSA) is 57.4 Å². The first-order chi connectivity index (χ1) is 9.63. The van der Waals surface area contributed by atoms with E-state index in [0.717, 1.165) is 27.7 Å². The zero-order chi connectivity index (χ0) is 14.5. The van der Waals surface area contributed by atoms with Gasteiger partial charge < -0.3 is 15.2 Å². The standard InChI is InChI=1S/C15H20N2O2S/c1-10(16)15-13(9-18-2)17-14(20-15)8-11-4-6-12(19-3)7-5-11/h4-7,10H,8-9,16H2,1-3H3. The summed E-state index contributed by atoms with van der Waals surface area (Å²) in [4.78, 5) is 5.75. The van der Waals surface area contributed by atoms with Gasteiger partial charge in [0.25, 0.3) is 0 Å². The van der Waals surface area contributed by atoms with Crippen molar-refractivity contribution in [2.45, 2.75) is 26.0 Å². The van der Waals surface area contributed by atoms with E-state index < -0.39 is 0 Å². The molecule has 108 valence electrons. The predicted molar refractivity (Wildman–Crippen MR) is 81.2 cm³/mol. The minimum Gasteiger partial charge on any atom is -0.497 e. The number of nitrogens with zero attached hydrogens (tertiary/aromatic N) is 1. The Morgan fingerprint density at radius 3 is 2.50 bits per heavy atom. The molecular weight excluding hydrogens is 272 g/mol.